The Kier molecular flexibility index (Phi) is 5.63. The molecule has 0 aliphatic carbocycles. The van der Waals surface area contributed by atoms with E-state index in [9.17, 15) is 4.79 Å². The summed E-state index contributed by atoms with van der Waals surface area (Å²) in [5, 5.41) is 0. The van der Waals surface area contributed by atoms with Crippen molar-refractivity contribution >= 4 is 5.97 Å². The highest BCUT2D eigenvalue weighted by Crippen LogP contribution is 2.29. The number of methoxy groups -OCH3 is 2. The minimum absolute atomic E-state index is 0.0745. The maximum atomic E-state index is 11.3. The lowest BCUT2D eigenvalue weighted by Gasteiger charge is -2.16. The van der Waals surface area contributed by atoms with Gasteiger partial charge in [0.15, 0.2) is 17.6 Å². The van der Waals surface area contributed by atoms with Crippen molar-refractivity contribution in [1.82, 2.24) is 0 Å². The predicted octanol–water partition coefficient (Wildman–Crippen LogP) is 1.53. The highest BCUT2D eigenvalue weighted by molar-refractivity contribution is 5.74. The molecule has 2 atom stereocenters. The summed E-state index contributed by atoms with van der Waals surface area (Å²) in [6.07, 6.45) is 0.0709. The highest BCUT2D eigenvalue weighted by atomic mass is 16.6. The molecule has 106 valence electrons. The first kappa shape index (κ1) is 15.3. The molecule has 0 saturated carbocycles. The van der Waals surface area contributed by atoms with Gasteiger partial charge in [0.25, 0.3) is 0 Å². The molecule has 0 aromatic heterocycles. The Balaban J connectivity index is 2.87. The van der Waals surface area contributed by atoms with Gasteiger partial charge in [-0.2, -0.15) is 0 Å². The van der Waals surface area contributed by atoms with Crippen LogP contribution in [0.25, 0.3) is 0 Å². The third-order valence-corrected chi connectivity index (χ3v) is 2.62. The Hall–Kier alpha value is -1.75. The van der Waals surface area contributed by atoms with Crippen LogP contribution in [0, 0.1) is 0 Å². The normalized spacial score (nSPS) is 13.5. The summed E-state index contributed by atoms with van der Waals surface area (Å²) in [4.78, 5) is 11.3. The summed E-state index contributed by atoms with van der Waals surface area (Å²) in [5.41, 5.74) is 6.82. The van der Waals surface area contributed by atoms with Crippen LogP contribution in [-0.4, -0.2) is 32.3 Å². The van der Waals surface area contributed by atoms with Crippen molar-refractivity contribution in [3.63, 3.8) is 0 Å². The van der Waals surface area contributed by atoms with E-state index in [1.807, 2.05) is 19.1 Å². The van der Waals surface area contributed by atoms with Crippen LogP contribution < -0.4 is 15.2 Å². The Morgan fingerprint density at radius 2 is 1.95 bits per heavy atom. The smallest absolute Gasteiger partial charge is 0.346 e. The van der Waals surface area contributed by atoms with Gasteiger partial charge in [-0.3, -0.25) is 0 Å². The van der Waals surface area contributed by atoms with Crippen molar-refractivity contribution in [2.75, 3.05) is 14.2 Å². The second-order valence-electron chi connectivity index (χ2n) is 4.45. The van der Waals surface area contributed by atoms with Crippen LogP contribution in [0.2, 0.25) is 0 Å². The van der Waals surface area contributed by atoms with Gasteiger partial charge in [0.05, 0.1) is 14.2 Å². The van der Waals surface area contributed by atoms with Crippen LogP contribution in [-0.2, 0) is 16.0 Å². The maximum Gasteiger partial charge on any atom is 0.346 e. The molecule has 0 aliphatic heterocycles. The molecule has 2 unspecified atom stereocenters. The van der Waals surface area contributed by atoms with Crippen LogP contribution >= 0.6 is 0 Å². The number of nitrogens with two attached hydrogens (primary N) is 1. The lowest BCUT2D eigenvalue weighted by molar-refractivity contribution is -0.147. The highest BCUT2D eigenvalue weighted by Gasteiger charge is 2.17. The molecule has 0 heterocycles. The zero-order chi connectivity index (χ0) is 14.4. The molecule has 0 spiro atoms. The second-order valence-corrected chi connectivity index (χ2v) is 4.45. The van der Waals surface area contributed by atoms with E-state index in [-0.39, 0.29) is 6.04 Å². The van der Waals surface area contributed by atoms with Gasteiger partial charge < -0.3 is 19.9 Å². The number of hydrogen-bond donors (Lipinski definition) is 1. The first-order valence-corrected chi connectivity index (χ1v) is 6.15. The first-order chi connectivity index (χ1) is 8.97. The average molecular weight is 267 g/mol. The molecule has 0 amide bonds. The van der Waals surface area contributed by atoms with E-state index in [4.69, 9.17) is 15.2 Å². The van der Waals surface area contributed by atoms with Crippen molar-refractivity contribution < 1.29 is 19.0 Å². The lowest BCUT2D eigenvalue weighted by Crippen LogP contribution is -2.25. The third-order valence-electron chi connectivity index (χ3n) is 2.62. The molecule has 0 bridgehead atoms. The fourth-order valence-electron chi connectivity index (χ4n) is 1.71. The molecule has 0 fully saturated rings. The van der Waals surface area contributed by atoms with E-state index in [0.717, 1.165) is 12.0 Å². The monoisotopic (exact) mass is 267 g/mol. The van der Waals surface area contributed by atoms with Crippen molar-refractivity contribution in [3.8, 4) is 11.5 Å². The van der Waals surface area contributed by atoms with Crippen LogP contribution in [0.15, 0.2) is 18.2 Å². The number of carbonyl (C=O) groups excluding carboxylic acids is 1. The molecule has 1 aromatic carbocycles. The fourth-order valence-corrected chi connectivity index (χ4v) is 1.71. The quantitative estimate of drug-likeness (QED) is 0.791. The Morgan fingerprint density at radius 3 is 2.47 bits per heavy atom. The number of carbonyl (C=O) groups is 1. The average Bonchev–Trinajstić information content (AvgIpc) is 2.38. The summed E-state index contributed by atoms with van der Waals surface area (Å²) >= 11 is 0. The van der Waals surface area contributed by atoms with Crippen LogP contribution in [0.5, 0.6) is 11.5 Å². The van der Waals surface area contributed by atoms with Gasteiger partial charge in [0, 0.05) is 6.04 Å². The fraction of sp³-hybridized carbons (Fsp3) is 0.500. The van der Waals surface area contributed by atoms with E-state index in [2.05, 4.69) is 4.74 Å². The SMILES string of the molecule is COC(=O)C(C)Oc1ccc(CC(C)N)cc1OC. The summed E-state index contributed by atoms with van der Waals surface area (Å²) in [6, 6.07) is 5.62. The second kappa shape index (κ2) is 6.99. The van der Waals surface area contributed by atoms with Gasteiger partial charge >= 0.3 is 5.97 Å². The molecule has 0 aliphatic rings. The molecule has 5 heteroatoms. The van der Waals surface area contributed by atoms with Gasteiger partial charge in [-0.05, 0) is 38.0 Å². The van der Waals surface area contributed by atoms with Crippen LogP contribution in [0.3, 0.4) is 0 Å². The number of hydrogen-bond acceptors (Lipinski definition) is 5. The summed E-state index contributed by atoms with van der Waals surface area (Å²) in [7, 11) is 2.88. The van der Waals surface area contributed by atoms with E-state index in [1.54, 1.807) is 20.1 Å². The summed E-state index contributed by atoms with van der Waals surface area (Å²) in [6.45, 7) is 3.57. The van der Waals surface area contributed by atoms with Gasteiger partial charge in [0.1, 0.15) is 0 Å². The molecular weight excluding hydrogens is 246 g/mol. The minimum atomic E-state index is -0.682. The van der Waals surface area contributed by atoms with E-state index >= 15 is 0 Å². The van der Waals surface area contributed by atoms with Crippen LogP contribution in [0.4, 0.5) is 0 Å². The van der Waals surface area contributed by atoms with E-state index < -0.39 is 12.1 Å². The van der Waals surface area contributed by atoms with Gasteiger partial charge in [-0.25, -0.2) is 4.79 Å². The minimum Gasteiger partial charge on any atom is -0.493 e. The first-order valence-electron chi connectivity index (χ1n) is 6.15. The Morgan fingerprint density at radius 1 is 1.26 bits per heavy atom. The van der Waals surface area contributed by atoms with Gasteiger partial charge in [0.2, 0.25) is 0 Å². The molecule has 1 aromatic rings. The number of ether oxygens (including phenoxy) is 3. The molecule has 5 nitrogen and oxygen atoms in total. The topological polar surface area (TPSA) is 70.8 Å². The van der Waals surface area contributed by atoms with Crippen molar-refractivity contribution in [2.45, 2.75) is 32.4 Å². The Bertz CT molecular complexity index is 431. The van der Waals surface area contributed by atoms with Crippen LogP contribution in [0.1, 0.15) is 19.4 Å². The van der Waals surface area contributed by atoms with Gasteiger partial charge in [-0.15, -0.1) is 0 Å². The molecule has 0 radical (unpaired) electrons. The number of esters is 1. The standard InChI is InChI=1S/C14H21NO4/c1-9(15)7-11-5-6-12(13(8-11)17-3)19-10(2)14(16)18-4/h5-6,8-10H,7,15H2,1-4H3. The zero-order valence-corrected chi connectivity index (χ0v) is 11.8. The number of benzene rings is 1. The molecule has 19 heavy (non-hydrogen) atoms. The molecule has 1 rings (SSSR count). The summed E-state index contributed by atoms with van der Waals surface area (Å²) in [5.74, 6) is 0.657. The molecule has 0 saturated heterocycles. The summed E-state index contributed by atoms with van der Waals surface area (Å²) < 4.78 is 15.4. The maximum absolute atomic E-state index is 11.3. The van der Waals surface area contributed by atoms with Crippen molar-refractivity contribution in [2.24, 2.45) is 5.73 Å². The van der Waals surface area contributed by atoms with E-state index in [0.29, 0.717) is 11.5 Å². The zero-order valence-electron chi connectivity index (χ0n) is 11.8. The third kappa shape index (κ3) is 4.44. The van der Waals surface area contributed by atoms with Gasteiger partial charge in [-0.1, -0.05) is 6.07 Å². The largest absolute Gasteiger partial charge is 0.493 e. The predicted molar refractivity (Wildman–Crippen MR) is 72.5 cm³/mol. The lowest BCUT2D eigenvalue weighted by atomic mass is 10.1. The molecular formula is C14H21NO4. The van der Waals surface area contributed by atoms with Crippen molar-refractivity contribution in [3.05, 3.63) is 23.8 Å². The van der Waals surface area contributed by atoms with E-state index in [1.165, 1.54) is 7.11 Å². The molecule has 2 N–H and O–H groups in total. The Labute approximate surface area is 113 Å². The number of rotatable bonds is 6. The van der Waals surface area contributed by atoms with Crippen molar-refractivity contribution in [1.29, 1.82) is 0 Å².